The molecule has 0 radical (unpaired) electrons. The fraction of sp³-hybridized carbons (Fsp3) is 0.818. The first-order valence-corrected chi connectivity index (χ1v) is 5.21. The summed E-state index contributed by atoms with van der Waals surface area (Å²) in [6.45, 7) is 7.81. The van der Waals surface area contributed by atoms with E-state index in [1.807, 2.05) is 6.92 Å². The predicted molar refractivity (Wildman–Crippen MR) is 55.6 cm³/mol. The molecule has 1 fully saturated rings. The Bertz CT molecular complexity index is 167. The summed E-state index contributed by atoms with van der Waals surface area (Å²) in [5.74, 6) is 0.670. The quantitative estimate of drug-likeness (QED) is 0.650. The monoisotopic (exact) mass is 183 g/mol. The molecule has 0 saturated heterocycles. The molecule has 0 bridgehead atoms. The van der Waals surface area contributed by atoms with Crippen LogP contribution in [-0.4, -0.2) is 24.3 Å². The largest absolute Gasteiger partial charge is 0.393 e. The lowest BCUT2D eigenvalue weighted by Crippen LogP contribution is -2.29. The van der Waals surface area contributed by atoms with Crippen molar-refractivity contribution < 1.29 is 5.11 Å². The maximum Gasteiger partial charge on any atom is 0.0543 e. The fourth-order valence-corrected chi connectivity index (χ4v) is 1.94. The molecule has 1 saturated carbocycles. The maximum absolute atomic E-state index is 9.44. The van der Waals surface area contributed by atoms with E-state index in [1.165, 1.54) is 18.4 Å². The van der Waals surface area contributed by atoms with Gasteiger partial charge in [0.05, 0.1) is 6.10 Å². The molecule has 76 valence electrons. The Balaban J connectivity index is 2.10. The molecular formula is C11H21NO. The van der Waals surface area contributed by atoms with Crippen LogP contribution in [0.4, 0.5) is 0 Å². The van der Waals surface area contributed by atoms with Crippen LogP contribution in [0.3, 0.4) is 0 Å². The number of aliphatic hydroxyl groups excluding tert-OH is 1. The molecule has 2 unspecified atom stereocenters. The molecule has 0 aromatic heterocycles. The fourth-order valence-electron chi connectivity index (χ4n) is 1.94. The van der Waals surface area contributed by atoms with E-state index in [0.29, 0.717) is 5.92 Å². The summed E-state index contributed by atoms with van der Waals surface area (Å²) in [6, 6.07) is 0. The molecule has 0 spiro atoms. The van der Waals surface area contributed by atoms with E-state index < -0.39 is 0 Å². The lowest BCUT2D eigenvalue weighted by molar-refractivity contribution is 0.101. The van der Waals surface area contributed by atoms with Crippen molar-refractivity contribution >= 4 is 0 Å². The van der Waals surface area contributed by atoms with Crippen LogP contribution in [0.25, 0.3) is 0 Å². The van der Waals surface area contributed by atoms with Crippen LogP contribution in [-0.2, 0) is 0 Å². The van der Waals surface area contributed by atoms with Gasteiger partial charge in [0.25, 0.3) is 0 Å². The molecule has 1 aliphatic rings. The minimum absolute atomic E-state index is 0.0506. The summed E-state index contributed by atoms with van der Waals surface area (Å²) in [4.78, 5) is 0. The minimum atomic E-state index is -0.0506. The molecule has 2 N–H and O–H groups in total. The van der Waals surface area contributed by atoms with Crippen molar-refractivity contribution in [3.8, 4) is 0 Å². The maximum atomic E-state index is 9.44. The van der Waals surface area contributed by atoms with Crippen LogP contribution in [0.1, 0.15) is 32.6 Å². The van der Waals surface area contributed by atoms with Crippen LogP contribution in [0.2, 0.25) is 0 Å². The SMILES string of the molecule is C=C(C)CNCC1CCCC(O)C1. The highest BCUT2D eigenvalue weighted by molar-refractivity contribution is 4.90. The lowest BCUT2D eigenvalue weighted by Gasteiger charge is -2.25. The third kappa shape index (κ3) is 4.44. The molecule has 2 heteroatoms. The molecule has 1 aliphatic carbocycles. The Morgan fingerprint density at radius 3 is 2.92 bits per heavy atom. The Morgan fingerprint density at radius 2 is 2.31 bits per heavy atom. The van der Waals surface area contributed by atoms with E-state index in [4.69, 9.17) is 0 Å². The topological polar surface area (TPSA) is 32.3 Å². The summed E-state index contributed by atoms with van der Waals surface area (Å²) < 4.78 is 0. The molecular weight excluding hydrogens is 162 g/mol. The molecule has 2 atom stereocenters. The summed E-state index contributed by atoms with van der Waals surface area (Å²) in [5, 5.41) is 12.8. The number of aliphatic hydroxyl groups is 1. The van der Waals surface area contributed by atoms with Gasteiger partial charge in [0.15, 0.2) is 0 Å². The van der Waals surface area contributed by atoms with Crippen LogP contribution in [0.5, 0.6) is 0 Å². The van der Waals surface area contributed by atoms with E-state index in [0.717, 1.165) is 25.9 Å². The lowest BCUT2D eigenvalue weighted by atomic mass is 9.87. The van der Waals surface area contributed by atoms with E-state index in [9.17, 15) is 5.11 Å². The van der Waals surface area contributed by atoms with Crippen molar-refractivity contribution in [1.82, 2.24) is 5.32 Å². The zero-order valence-electron chi connectivity index (χ0n) is 8.55. The number of hydrogen-bond acceptors (Lipinski definition) is 2. The summed E-state index contributed by atoms with van der Waals surface area (Å²) >= 11 is 0. The van der Waals surface area contributed by atoms with Crippen LogP contribution in [0, 0.1) is 5.92 Å². The molecule has 2 nitrogen and oxygen atoms in total. The number of rotatable bonds is 4. The third-order valence-corrected chi connectivity index (χ3v) is 2.61. The zero-order chi connectivity index (χ0) is 9.68. The normalized spacial score (nSPS) is 28.8. The van der Waals surface area contributed by atoms with E-state index in [1.54, 1.807) is 0 Å². The molecule has 13 heavy (non-hydrogen) atoms. The number of nitrogens with one attached hydrogen (secondary N) is 1. The van der Waals surface area contributed by atoms with Gasteiger partial charge in [-0.05, 0) is 38.6 Å². The van der Waals surface area contributed by atoms with Gasteiger partial charge in [-0.15, -0.1) is 0 Å². The Morgan fingerprint density at radius 1 is 1.54 bits per heavy atom. The molecule has 0 amide bonds. The Kier molecular flexibility index (Phi) is 4.46. The van der Waals surface area contributed by atoms with Gasteiger partial charge in [-0.3, -0.25) is 0 Å². The second-order valence-corrected chi connectivity index (χ2v) is 4.27. The molecule has 0 aromatic rings. The van der Waals surface area contributed by atoms with Gasteiger partial charge in [-0.1, -0.05) is 18.6 Å². The van der Waals surface area contributed by atoms with Crippen molar-refractivity contribution in [1.29, 1.82) is 0 Å². The predicted octanol–water partition coefficient (Wildman–Crippen LogP) is 1.70. The van der Waals surface area contributed by atoms with E-state index in [-0.39, 0.29) is 6.10 Å². The van der Waals surface area contributed by atoms with Gasteiger partial charge >= 0.3 is 0 Å². The minimum Gasteiger partial charge on any atom is -0.393 e. The second-order valence-electron chi connectivity index (χ2n) is 4.27. The molecule has 0 aromatic carbocycles. The summed E-state index contributed by atoms with van der Waals surface area (Å²) in [7, 11) is 0. The molecule has 1 rings (SSSR count). The van der Waals surface area contributed by atoms with Crippen molar-refractivity contribution in [2.24, 2.45) is 5.92 Å². The van der Waals surface area contributed by atoms with Gasteiger partial charge in [0, 0.05) is 6.54 Å². The third-order valence-electron chi connectivity index (χ3n) is 2.61. The Labute approximate surface area is 81.0 Å². The van der Waals surface area contributed by atoms with E-state index in [2.05, 4.69) is 11.9 Å². The first-order chi connectivity index (χ1) is 6.18. The number of hydrogen-bond donors (Lipinski definition) is 2. The average molecular weight is 183 g/mol. The average Bonchev–Trinajstić information content (AvgIpc) is 2.03. The van der Waals surface area contributed by atoms with Crippen molar-refractivity contribution in [3.05, 3.63) is 12.2 Å². The van der Waals surface area contributed by atoms with E-state index >= 15 is 0 Å². The molecule has 0 heterocycles. The van der Waals surface area contributed by atoms with Crippen molar-refractivity contribution in [3.63, 3.8) is 0 Å². The van der Waals surface area contributed by atoms with Gasteiger partial charge in [0.1, 0.15) is 0 Å². The molecule has 0 aliphatic heterocycles. The first kappa shape index (κ1) is 10.7. The standard InChI is InChI=1S/C11H21NO/c1-9(2)7-12-8-10-4-3-5-11(13)6-10/h10-13H,1,3-8H2,2H3. The summed E-state index contributed by atoms with van der Waals surface area (Å²) in [5.41, 5.74) is 1.18. The Hall–Kier alpha value is -0.340. The summed E-state index contributed by atoms with van der Waals surface area (Å²) in [6.07, 6.45) is 4.37. The first-order valence-electron chi connectivity index (χ1n) is 5.21. The van der Waals surface area contributed by atoms with Crippen molar-refractivity contribution in [2.45, 2.75) is 38.7 Å². The van der Waals surface area contributed by atoms with Crippen LogP contribution in [0.15, 0.2) is 12.2 Å². The van der Waals surface area contributed by atoms with Crippen molar-refractivity contribution in [2.75, 3.05) is 13.1 Å². The van der Waals surface area contributed by atoms with Gasteiger partial charge in [-0.2, -0.15) is 0 Å². The van der Waals surface area contributed by atoms with Gasteiger partial charge in [-0.25, -0.2) is 0 Å². The highest BCUT2D eigenvalue weighted by Gasteiger charge is 2.19. The van der Waals surface area contributed by atoms with Gasteiger partial charge < -0.3 is 10.4 Å². The second kappa shape index (κ2) is 5.40. The van der Waals surface area contributed by atoms with Crippen LogP contribution < -0.4 is 5.32 Å². The van der Waals surface area contributed by atoms with Crippen LogP contribution >= 0.6 is 0 Å². The zero-order valence-corrected chi connectivity index (χ0v) is 8.55. The highest BCUT2D eigenvalue weighted by atomic mass is 16.3. The highest BCUT2D eigenvalue weighted by Crippen LogP contribution is 2.23. The smallest absolute Gasteiger partial charge is 0.0543 e. The van der Waals surface area contributed by atoms with Gasteiger partial charge in [0.2, 0.25) is 0 Å².